The van der Waals surface area contributed by atoms with E-state index >= 15 is 0 Å². The largest absolute Gasteiger partial charge is 0.487 e. The molecule has 1 aromatic rings. The van der Waals surface area contributed by atoms with Crippen molar-refractivity contribution in [2.24, 2.45) is 17.1 Å². The number of fused-ring (bicyclic) bond motifs is 1. The standard InChI is InChI=1S/C16H23NO/c1-11-8-15(2,3)10-16(11)9-13(17)12-6-4-5-7-14(12)18-16/h4-7,11,13H,8-10,17H2,1-3H3. The molecule has 1 aliphatic carbocycles. The summed E-state index contributed by atoms with van der Waals surface area (Å²) in [4.78, 5) is 0. The Morgan fingerprint density at radius 1 is 1.22 bits per heavy atom. The number of hydrogen-bond acceptors (Lipinski definition) is 2. The monoisotopic (exact) mass is 245 g/mol. The first-order chi connectivity index (χ1) is 8.42. The fourth-order valence-corrected chi connectivity index (χ4v) is 4.10. The number of rotatable bonds is 0. The molecule has 2 aliphatic rings. The van der Waals surface area contributed by atoms with Crippen molar-refractivity contribution in [3.8, 4) is 5.75 Å². The van der Waals surface area contributed by atoms with E-state index in [9.17, 15) is 0 Å². The van der Waals surface area contributed by atoms with Crippen molar-refractivity contribution in [2.45, 2.75) is 51.7 Å². The van der Waals surface area contributed by atoms with Crippen LogP contribution in [0.3, 0.4) is 0 Å². The van der Waals surface area contributed by atoms with Gasteiger partial charge in [-0.1, -0.05) is 39.0 Å². The molecular formula is C16H23NO. The fraction of sp³-hybridized carbons (Fsp3) is 0.625. The zero-order chi connectivity index (χ0) is 13.0. The summed E-state index contributed by atoms with van der Waals surface area (Å²) in [5.41, 5.74) is 7.86. The summed E-state index contributed by atoms with van der Waals surface area (Å²) in [5, 5.41) is 0. The normalized spacial score (nSPS) is 37.3. The van der Waals surface area contributed by atoms with Crippen LogP contribution in [0.5, 0.6) is 5.75 Å². The van der Waals surface area contributed by atoms with Gasteiger partial charge in [-0.05, 0) is 30.2 Å². The molecule has 1 saturated carbocycles. The molecule has 1 heterocycles. The van der Waals surface area contributed by atoms with Gasteiger partial charge in [-0.25, -0.2) is 0 Å². The fourth-order valence-electron chi connectivity index (χ4n) is 4.10. The van der Waals surface area contributed by atoms with Crippen LogP contribution in [-0.4, -0.2) is 5.60 Å². The van der Waals surface area contributed by atoms with Crippen LogP contribution in [-0.2, 0) is 0 Å². The molecule has 3 unspecified atom stereocenters. The summed E-state index contributed by atoms with van der Waals surface area (Å²) < 4.78 is 6.42. The predicted molar refractivity (Wildman–Crippen MR) is 73.5 cm³/mol. The minimum Gasteiger partial charge on any atom is -0.487 e. The van der Waals surface area contributed by atoms with Gasteiger partial charge in [0.25, 0.3) is 0 Å². The lowest BCUT2D eigenvalue weighted by Crippen LogP contribution is -2.45. The van der Waals surface area contributed by atoms with Crippen molar-refractivity contribution >= 4 is 0 Å². The van der Waals surface area contributed by atoms with E-state index in [2.05, 4.69) is 32.9 Å². The molecule has 0 radical (unpaired) electrons. The quantitative estimate of drug-likeness (QED) is 0.757. The summed E-state index contributed by atoms with van der Waals surface area (Å²) in [6.07, 6.45) is 3.29. The Balaban J connectivity index is 1.99. The van der Waals surface area contributed by atoms with Crippen molar-refractivity contribution < 1.29 is 4.74 Å². The second kappa shape index (κ2) is 3.74. The molecule has 98 valence electrons. The number of benzene rings is 1. The second-order valence-electron chi connectivity index (χ2n) is 6.96. The third kappa shape index (κ3) is 1.74. The molecule has 1 aliphatic heterocycles. The van der Waals surface area contributed by atoms with Gasteiger partial charge in [0.2, 0.25) is 0 Å². The topological polar surface area (TPSA) is 35.2 Å². The van der Waals surface area contributed by atoms with E-state index in [1.807, 2.05) is 12.1 Å². The van der Waals surface area contributed by atoms with Gasteiger partial charge in [0.05, 0.1) is 0 Å². The molecule has 3 rings (SSSR count). The summed E-state index contributed by atoms with van der Waals surface area (Å²) in [5.74, 6) is 1.58. The molecule has 0 saturated heterocycles. The molecule has 1 spiro atoms. The average molecular weight is 245 g/mol. The van der Waals surface area contributed by atoms with E-state index in [0.717, 1.165) is 18.6 Å². The smallest absolute Gasteiger partial charge is 0.124 e. The minimum atomic E-state index is -0.0444. The third-order valence-electron chi connectivity index (χ3n) is 4.73. The van der Waals surface area contributed by atoms with Crippen molar-refractivity contribution in [3.05, 3.63) is 29.8 Å². The number of nitrogens with two attached hydrogens (primary N) is 1. The number of ether oxygens (including phenoxy) is 1. The SMILES string of the molecule is CC1CC(C)(C)CC12CC(N)c1ccccc1O2. The van der Waals surface area contributed by atoms with Gasteiger partial charge in [0.15, 0.2) is 0 Å². The van der Waals surface area contributed by atoms with Crippen molar-refractivity contribution in [1.29, 1.82) is 0 Å². The highest BCUT2D eigenvalue weighted by Gasteiger charge is 2.53. The minimum absolute atomic E-state index is 0.0444. The van der Waals surface area contributed by atoms with Crippen LogP contribution in [0.25, 0.3) is 0 Å². The third-order valence-corrected chi connectivity index (χ3v) is 4.73. The van der Waals surface area contributed by atoms with E-state index < -0.39 is 0 Å². The zero-order valence-corrected chi connectivity index (χ0v) is 11.6. The highest BCUT2D eigenvalue weighted by Crippen LogP contribution is 2.55. The lowest BCUT2D eigenvalue weighted by molar-refractivity contribution is 0.00184. The second-order valence-corrected chi connectivity index (χ2v) is 6.96. The van der Waals surface area contributed by atoms with Crippen molar-refractivity contribution in [1.82, 2.24) is 0 Å². The average Bonchev–Trinajstić information content (AvgIpc) is 2.48. The van der Waals surface area contributed by atoms with Crippen LogP contribution in [0.1, 0.15) is 51.6 Å². The maximum atomic E-state index is 6.42. The predicted octanol–water partition coefficient (Wildman–Crippen LogP) is 3.66. The van der Waals surface area contributed by atoms with Crippen LogP contribution >= 0.6 is 0 Å². The molecular weight excluding hydrogens is 222 g/mol. The maximum absolute atomic E-state index is 6.42. The lowest BCUT2D eigenvalue weighted by Gasteiger charge is -2.42. The molecule has 2 nitrogen and oxygen atoms in total. The van der Waals surface area contributed by atoms with Gasteiger partial charge >= 0.3 is 0 Å². The van der Waals surface area contributed by atoms with Gasteiger partial charge < -0.3 is 10.5 Å². The van der Waals surface area contributed by atoms with Gasteiger partial charge in [0.1, 0.15) is 11.4 Å². The number of para-hydroxylation sites is 1. The Bertz CT molecular complexity index is 468. The van der Waals surface area contributed by atoms with Gasteiger partial charge in [-0.3, -0.25) is 0 Å². The molecule has 0 amide bonds. The molecule has 2 N–H and O–H groups in total. The first-order valence-corrected chi connectivity index (χ1v) is 6.95. The summed E-state index contributed by atoms with van der Waals surface area (Å²) >= 11 is 0. The van der Waals surface area contributed by atoms with Crippen LogP contribution in [0.15, 0.2) is 24.3 Å². The van der Waals surface area contributed by atoms with E-state index in [-0.39, 0.29) is 11.6 Å². The van der Waals surface area contributed by atoms with E-state index in [1.165, 1.54) is 12.0 Å². The molecule has 1 aromatic carbocycles. The maximum Gasteiger partial charge on any atom is 0.124 e. The highest BCUT2D eigenvalue weighted by atomic mass is 16.5. The zero-order valence-electron chi connectivity index (χ0n) is 11.6. The van der Waals surface area contributed by atoms with Crippen molar-refractivity contribution in [2.75, 3.05) is 0 Å². The van der Waals surface area contributed by atoms with Gasteiger partial charge in [0, 0.05) is 18.0 Å². The molecule has 2 heteroatoms. The Labute approximate surface area is 110 Å². The van der Waals surface area contributed by atoms with Crippen molar-refractivity contribution in [3.63, 3.8) is 0 Å². The van der Waals surface area contributed by atoms with Crippen LogP contribution < -0.4 is 10.5 Å². The Hall–Kier alpha value is -1.02. The van der Waals surface area contributed by atoms with Crippen LogP contribution in [0, 0.1) is 11.3 Å². The first-order valence-electron chi connectivity index (χ1n) is 6.95. The Kier molecular flexibility index (Phi) is 2.50. The summed E-state index contributed by atoms with van der Waals surface area (Å²) in [6.45, 7) is 7.00. The highest BCUT2D eigenvalue weighted by molar-refractivity contribution is 5.39. The molecule has 3 atom stereocenters. The van der Waals surface area contributed by atoms with Gasteiger partial charge in [-0.2, -0.15) is 0 Å². The molecule has 1 fully saturated rings. The van der Waals surface area contributed by atoms with Gasteiger partial charge in [-0.15, -0.1) is 0 Å². The summed E-state index contributed by atoms with van der Waals surface area (Å²) in [7, 11) is 0. The van der Waals surface area contributed by atoms with E-state index in [0.29, 0.717) is 11.3 Å². The molecule has 18 heavy (non-hydrogen) atoms. The number of hydrogen-bond donors (Lipinski definition) is 1. The first kappa shape index (κ1) is 12.0. The van der Waals surface area contributed by atoms with Crippen LogP contribution in [0.4, 0.5) is 0 Å². The van der Waals surface area contributed by atoms with Crippen LogP contribution in [0.2, 0.25) is 0 Å². The summed E-state index contributed by atoms with van der Waals surface area (Å²) in [6, 6.07) is 8.36. The van der Waals surface area contributed by atoms with E-state index in [4.69, 9.17) is 10.5 Å². The lowest BCUT2D eigenvalue weighted by atomic mass is 9.80. The Morgan fingerprint density at radius 2 is 1.94 bits per heavy atom. The Morgan fingerprint density at radius 3 is 2.61 bits per heavy atom. The molecule has 0 bridgehead atoms. The molecule has 0 aromatic heterocycles. The van der Waals surface area contributed by atoms with E-state index in [1.54, 1.807) is 0 Å².